The van der Waals surface area contributed by atoms with Crippen molar-refractivity contribution in [2.24, 2.45) is 0 Å². The summed E-state index contributed by atoms with van der Waals surface area (Å²) in [4.78, 5) is 12.6. The summed E-state index contributed by atoms with van der Waals surface area (Å²) < 4.78 is 7.23. The van der Waals surface area contributed by atoms with Crippen LogP contribution in [0.5, 0.6) is 0 Å². The lowest BCUT2D eigenvalue weighted by atomic mass is 9.96. The molecule has 1 atom stereocenters. The molecule has 132 valence electrons. The first-order valence-corrected chi connectivity index (χ1v) is 8.31. The zero-order chi connectivity index (χ0) is 18.1. The largest absolute Gasteiger partial charge is 0.466 e. The lowest BCUT2D eigenvalue weighted by molar-refractivity contribution is 0.0513. The van der Waals surface area contributed by atoms with Crippen LogP contribution < -0.4 is 5.32 Å². The number of carbonyl (C=O) groups is 1. The van der Waals surface area contributed by atoms with Gasteiger partial charge < -0.3 is 14.8 Å². The Balaban J connectivity index is 2.16. The number of aryl methyl sites for hydroxylation is 3. The molecule has 2 N–H and O–H groups in total. The summed E-state index contributed by atoms with van der Waals surface area (Å²) in [5.74, 6) is 1.32. The van der Waals surface area contributed by atoms with Crippen LogP contribution in [0.15, 0.2) is 16.7 Å². The molecular weight excluding hydrogens is 306 g/mol. The van der Waals surface area contributed by atoms with E-state index in [2.05, 4.69) is 10.4 Å². The highest BCUT2D eigenvalue weighted by atomic mass is 16.3. The Morgan fingerprint density at radius 3 is 2.62 bits per heavy atom. The van der Waals surface area contributed by atoms with Gasteiger partial charge in [-0.05, 0) is 39.7 Å². The van der Waals surface area contributed by atoms with Gasteiger partial charge in [-0.15, -0.1) is 0 Å². The summed E-state index contributed by atoms with van der Waals surface area (Å²) in [5.41, 5.74) is 0.816. The molecule has 0 saturated heterocycles. The van der Waals surface area contributed by atoms with Gasteiger partial charge >= 0.3 is 0 Å². The predicted octanol–water partition coefficient (Wildman–Crippen LogP) is 2.87. The average molecular weight is 333 g/mol. The van der Waals surface area contributed by atoms with Crippen LogP contribution in [-0.2, 0) is 12.1 Å². The second-order valence-electron chi connectivity index (χ2n) is 6.72. The Labute approximate surface area is 142 Å². The van der Waals surface area contributed by atoms with E-state index in [4.69, 9.17) is 4.42 Å². The molecule has 2 aromatic heterocycles. The molecule has 2 aromatic rings. The molecule has 0 radical (unpaired) electrons. The fraction of sp³-hybridized carbons (Fsp3) is 0.556. The zero-order valence-corrected chi connectivity index (χ0v) is 15.3. The van der Waals surface area contributed by atoms with Crippen molar-refractivity contribution in [3.63, 3.8) is 0 Å². The first kappa shape index (κ1) is 18.3. The molecule has 24 heavy (non-hydrogen) atoms. The minimum absolute atomic E-state index is 0.0977. The van der Waals surface area contributed by atoms with E-state index in [1.54, 1.807) is 30.8 Å². The molecule has 2 heterocycles. The number of nitrogens with zero attached hydrogens (tertiary/aromatic N) is 2. The number of hydrogen-bond donors (Lipinski definition) is 2. The minimum atomic E-state index is -1.20. The summed E-state index contributed by atoms with van der Waals surface area (Å²) in [5, 5.41) is 18.0. The van der Waals surface area contributed by atoms with Gasteiger partial charge in [-0.2, -0.15) is 5.10 Å². The molecule has 0 aliphatic rings. The monoisotopic (exact) mass is 333 g/mol. The zero-order valence-electron chi connectivity index (χ0n) is 15.3. The van der Waals surface area contributed by atoms with Gasteiger partial charge in [-0.3, -0.25) is 9.48 Å². The Morgan fingerprint density at radius 2 is 2.12 bits per heavy atom. The quantitative estimate of drug-likeness (QED) is 0.852. The summed E-state index contributed by atoms with van der Waals surface area (Å²) in [6.07, 6.45) is 1.76. The van der Waals surface area contributed by atoms with Crippen LogP contribution >= 0.6 is 0 Å². The van der Waals surface area contributed by atoms with Crippen molar-refractivity contribution >= 4 is 5.91 Å². The molecule has 6 heteroatoms. The van der Waals surface area contributed by atoms with Crippen LogP contribution in [0.1, 0.15) is 66.7 Å². The Kier molecular flexibility index (Phi) is 5.18. The second-order valence-corrected chi connectivity index (χ2v) is 6.72. The van der Waals surface area contributed by atoms with Crippen molar-refractivity contribution in [2.45, 2.75) is 59.6 Å². The molecule has 0 bridgehead atoms. The number of aliphatic hydroxyl groups is 1. The van der Waals surface area contributed by atoms with E-state index >= 15 is 0 Å². The van der Waals surface area contributed by atoms with Gasteiger partial charge in [-0.25, -0.2) is 0 Å². The SMILES string of the molecule is CCn1cc(C(=O)NCC(C)(O)c2cc(C)oc2C)c(C(C)C)n1. The highest BCUT2D eigenvalue weighted by Gasteiger charge is 2.29. The fourth-order valence-corrected chi connectivity index (χ4v) is 2.81. The molecule has 1 amide bonds. The maximum atomic E-state index is 12.6. The van der Waals surface area contributed by atoms with Gasteiger partial charge in [0.05, 0.1) is 17.8 Å². The van der Waals surface area contributed by atoms with E-state index in [-0.39, 0.29) is 18.4 Å². The van der Waals surface area contributed by atoms with Crippen LogP contribution in [0.3, 0.4) is 0 Å². The third kappa shape index (κ3) is 3.70. The van der Waals surface area contributed by atoms with Crippen molar-refractivity contribution in [2.75, 3.05) is 6.54 Å². The van der Waals surface area contributed by atoms with Crippen LogP contribution in [0.2, 0.25) is 0 Å². The van der Waals surface area contributed by atoms with Gasteiger partial charge in [0, 0.05) is 18.3 Å². The first-order valence-electron chi connectivity index (χ1n) is 8.31. The maximum Gasteiger partial charge on any atom is 0.254 e. The Morgan fingerprint density at radius 1 is 1.46 bits per heavy atom. The number of carbonyl (C=O) groups excluding carboxylic acids is 1. The standard InChI is InChI=1S/C18H27N3O3/c1-7-21-9-14(16(20-21)11(2)3)17(22)19-10-18(6,23)15-8-12(4)24-13(15)5/h8-9,11,23H,7,10H2,1-6H3,(H,19,22). The lowest BCUT2D eigenvalue weighted by Crippen LogP contribution is -2.39. The number of hydrogen-bond acceptors (Lipinski definition) is 4. The second kappa shape index (κ2) is 6.81. The van der Waals surface area contributed by atoms with Crippen molar-refractivity contribution in [3.8, 4) is 0 Å². The first-order chi connectivity index (χ1) is 11.2. The topological polar surface area (TPSA) is 80.3 Å². The van der Waals surface area contributed by atoms with E-state index in [1.807, 2.05) is 27.7 Å². The third-order valence-electron chi connectivity index (χ3n) is 4.12. The van der Waals surface area contributed by atoms with Crippen LogP contribution in [0.25, 0.3) is 0 Å². The molecule has 0 spiro atoms. The van der Waals surface area contributed by atoms with Gasteiger partial charge in [0.15, 0.2) is 0 Å². The maximum absolute atomic E-state index is 12.6. The van der Waals surface area contributed by atoms with Crippen molar-refractivity contribution in [1.29, 1.82) is 0 Å². The average Bonchev–Trinajstić information content (AvgIpc) is 3.08. The van der Waals surface area contributed by atoms with Crippen LogP contribution in [0.4, 0.5) is 0 Å². The fourth-order valence-electron chi connectivity index (χ4n) is 2.81. The highest BCUT2D eigenvalue weighted by molar-refractivity contribution is 5.95. The van der Waals surface area contributed by atoms with Crippen molar-refractivity contribution in [1.82, 2.24) is 15.1 Å². The lowest BCUT2D eigenvalue weighted by Gasteiger charge is -2.23. The van der Waals surface area contributed by atoms with E-state index < -0.39 is 5.60 Å². The molecule has 2 rings (SSSR count). The number of amides is 1. The molecule has 0 fully saturated rings. The predicted molar refractivity (Wildman–Crippen MR) is 92.1 cm³/mol. The number of furan rings is 1. The molecule has 0 aromatic carbocycles. The summed E-state index contributed by atoms with van der Waals surface area (Å²) in [6, 6.07) is 1.80. The third-order valence-corrected chi connectivity index (χ3v) is 4.12. The molecule has 0 saturated carbocycles. The van der Waals surface area contributed by atoms with Gasteiger partial charge in [0.2, 0.25) is 0 Å². The summed E-state index contributed by atoms with van der Waals surface area (Å²) in [6.45, 7) is 12.1. The van der Waals surface area contributed by atoms with Crippen molar-refractivity contribution < 1.29 is 14.3 Å². The summed E-state index contributed by atoms with van der Waals surface area (Å²) in [7, 11) is 0. The molecule has 6 nitrogen and oxygen atoms in total. The normalized spacial score (nSPS) is 14.0. The molecule has 0 aliphatic heterocycles. The van der Waals surface area contributed by atoms with E-state index in [0.717, 1.165) is 11.5 Å². The highest BCUT2D eigenvalue weighted by Crippen LogP contribution is 2.26. The Hall–Kier alpha value is -2.08. The molecule has 1 unspecified atom stereocenters. The molecular formula is C18H27N3O3. The van der Waals surface area contributed by atoms with Gasteiger partial charge in [-0.1, -0.05) is 13.8 Å². The number of aromatic nitrogens is 2. The van der Waals surface area contributed by atoms with Gasteiger partial charge in [0.1, 0.15) is 17.1 Å². The van der Waals surface area contributed by atoms with E-state index in [0.29, 0.717) is 23.4 Å². The number of nitrogens with one attached hydrogen (secondary N) is 1. The van der Waals surface area contributed by atoms with Gasteiger partial charge in [0.25, 0.3) is 5.91 Å². The van der Waals surface area contributed by atoms with Crippen molar-refractivity contribution in [3.05, 3.63) is 40.6 Å². The molecule has 0 aliphatic carbocycles. The van der Waals surface area contributed by atoms with Crippen LogP contribution in [0, 0.1) is 13.8 Å². The number of rotatable bonds is 6. The van der Waals surface area contributed by atoms with E-state index in [1.165, 1.54) is 0 Å². The van der Waals surface area contributed by atoms with Crippen LogP contribution in [-0.4, -0.2) is 27.3 Å². The smallest absolute Gasteiger partial charge is 0.254 e. The Bertz CT molecular complexity index is 726. The minimum Gasteiger partial charge on any atom is -0.466 e. The van der Waals surface area contributed by atoms with E-state index in [9.17, 15) is 9.90 Å². The summed E-state index contributed by atoms with van der Waals surface area (Å²) >= 11 is 0.